The van der Waals surface area contributed by atoms with Crippen molar-refractivity contribution >= 4 is 39.7 Å². The topological polar surface area (TPSA) is 251 Å². The zero-order valence-corrected chi connectivity index (χ0v) is 24.1. The molecule has 0 spiro atoms. The van der Waals surface area contributed by atoms with Crippen LogP contribution in [0.15, 0.2) is 25.3 Å². The maximum Gasteiger partial charge on any atom is 0.167 e. The largest absolute Gasteiger partial charge is 0.394 e. The second-order valence-electron chi connectivity index (χ2n) is 10.4. The molecule has 2 unspecified atom stereocenters. The molecule has 0 bridgehead atoms. The number of carbonyl (C=O) groups excluding carboxylic acids is 1. The number of nitrogens with two attached hydrogens (primary N) is 2. The van der Waals surface area contributed by atoms with E-state index in [1.165, 1.54) is 25.3 Å². The Labute approximate surface area is 245 Å². The third kappa shape index (κ3) is 5.37. The van der Waals surface area contributed by atoms with Crippen molar-refractivity contribution in [3.05, 3.63) is 25.3 Å². The predicted molar refractivity (Wildman–Crippen MR) is 153 cm³/mol. The number of carbonyl (C=O) groups is 1. The number of hydrogen-bond acceptors (Lipinski definition) is 16. The van der Waals surface area contributed by atoms with Gasteiger partial charge in [-0.05, 0) is 0 Å². The molecular formula is C25H36N12O6. The fourth-order valence-corrected chi connectivity index (χ4v) is 5.14. The van der Waals surface area contributed by atoms with Crippen LogP contribution in [0.1, 0.15) is 25.8 Å². The maximum absolute atomic E-state index is 11.9. The molecular weight excluding hydrogens is 564 g/mol. The van der Waals surface area contributed by atoms with E-state index in [1.54, 1.807) is 23.1 Å². The zero-order valence-electron chi connectivity index (χ0n) is 24.1. The number of nitrogens with zero attached hydrogens (tertiary/aromatic N) is 9. The summed E-state index contributed by atoms with van der Waals surface area (Å²) in [5.74, 6) is 1.11. The Kier molecular flexibility index (Phi) is 8.79. The first kappa shape index (κ1) is 30.5. The van der Waals surface area contributed by atoms with Crippen LogP contribution in [0, 0.1) is 0 Å². The summed E-state index contributed by atoms with van der Waals surface area (Å²) < 4.78 is 14.5. The standard InChI is InChI=1S/C13H18N6O3.C12H18N6O3/c1-3-6(20)10-7(14)9(21)13(22-10)19-5-18-8-11(15-2)16-4-17-12(8)19;1-17(2)10-8-11(15-4-14-10)18(5-16-8)12-9(20)7(13)6(3-19)21-12/h4-5,7,9-10,13,21H,3,14H2,1-2H3,(H,15,16,17);4-7,9,12,19-20H,3,13H2,1-2H3/t7-,9?,10-,13-;6-,7+,9?,12-/m00/s1. The van der Waals surface area contributed by atoms with E-state index in [0.717, 1.165) is 0 Å². The smallest absolute Gasteiger partial charge is 0.167 e. The molecule has 8 atom stereocenters. The highest BCUT2D eigenvalue weighted by molar-refractivity contribution is 5.85. The van der Waals surface area contributed by atoms with Crippen LogP contribution in [0.4, 0.5) is 11.6 Å². The molecule has 0 amide bonds. The third-order valence-corrected chi connectivity index (χ3v) is 7.50. The number of aromatic nitrogens is 8. The van der Waals surface area contributed by atoms with E-state index in [0.29, 0.717) is 40.4 Å². The first-order chi connectivity index (χ1) is 20.6. The van der Waals surface area contributed by atoms with Gasteiger partial charge in [0.1, 0.15) is 42.6 Å². The molecule has 18 heteroatoms. The highest BCUT2D eigenvalue weighted by Gasteiger charge is 2.46. The number of imidazole rings is 2. The van der Waals surface area contributed by atoms with Crippen molar-refractivity contribution in [1.29, 1.82) is 0 Å². The van der Waals surface area contributed by atoms with Crippen molar-refractivity contribution in [3.63, 3.8) is 0 Å². The van der Waals surface area contributed by atoms with Crippen LogP contribution in [-0.2, 0) is 14.3 Å². The van der Waals surface area contributed by atoms with Crippen LogP contribution in [0.3, 0.4) is 0 Å². The molecule has 8 N–H and O–H groups in total. The van der Waals surface area contributed by atoms with Gasteiger partial charge < -0.3 is 46.5 Å². The molecule has 2 aliphatic rings. The molecule has 2 fully saturated rings. The molecule has 43 heavy (non-hydrogen) atoms. The predicted octanol–water partition coefficient (Wildman–Crippen LogP) is -2.10. The summed E-state index contributed by atoms with van der Waals surface area (Å²) in [6.07, 6.45) is 1.21. The molecule has 4 aromatic heterocycles. The lowest BCUT2D eigenvalue weighted by molar-refractivity contribution is -0.132. The number of ether oxygens (including phenoxy) is 2. The average molecular weight is 601 g/mol. The minimum Gasteiger partial charge on any atom is -0.394 e. The minimum absolute atomic E-state index is 0.135. The normalized spacial score (nSPS) is 28.7. The summed E-state index contributed by atoms with van der Waals surface area (Å²) in [7, 11) is 5.45. The SMILES string of the molecule is CCC(=O)[C@@H]1O[C@H](n2cnc3c(NC)ncnc32)C(O)[C@@H]1N.CN(C)c1ncnc2c1ncn2[C@H]1O[C@@H](CO)[C@@H](N)C1O. The molecule has 2 saturated heterocycles. The summed E-state index contributed by atoms with van der Waals surface area (Å²) in [6.45, 7) is 1.48. The van der Waals surface area contributed by atoms with Crippen LogP contribution in [0.2, 0.25) is 0 Å². The van der Waals surface area contributed by atoms with E-state index in [2.05, 4.69) is 35.2 Å². The molecule has 2 aliphatic heterocycles. The second kappa shape index (κ2) is 12.4. The van der Waals surface area contributed by atoms with Gasteiger partial charge in [-0.1, -0.05) is 6.92 Å². The lowest BCUT2D eigenvalue weighted by Gasteiger charge is -2.17. The molecule has 6 rings (SSSR count). The van der Waals surface area contributed by atoms with Crippen molar-refractivity contribution in [2.45, 2.75) is 62.3 Å². The highest BCUT2D eigenvalue weighted by atomic mass is 16.5. The molecule has 4 aromatic rings. The number of hydrogen-bond donors (Lipinski definition) is 6. The Morgan fingerprint density at radius 2 is 1.51 bits per heavy atom. The van der Waals surface area contributed by atoms with Gasteiger partial charge in [0.15, 0.2) is 46.7 Å². The third-order valence-electron chi connectivity index (χ3n) is 7.50. The van der Waals surface area contributed by atoms with E-state index >= 15 is 0 Å². The molecule has 0 aromatic carbocycles. The molecule has 18 nitrogen and oxygen atoms in total. The van der Waals surface area contributed by atoms with E-state index in [1.807, 2.05) is 19.0 Å². The maximum atomic E-state index is 11.9. The van der Waals surface area contributed by atoms with Crippen LogP contribution in [0.25, 0.3) is 22.3 Å². The summed E-state index contributed by atoms with van der Waals surface area (Å²) in [4.78, 5) is 38.9. The summed E-state index contributed by atoms with van der Waals surface area (Å²) in [5.41, 5.74) is 14.0. The Morgan fingerprint density at radius 3 is 2.09 bits per heavy atom. The number of ketones is 1. The van der Waals surface area contributed by atoms with Crippen LogP contribution >= 0.6 is 0 Å². The lowest BCUT2D eigenvalue weighted by Crippen LogP contribution is -2.43. The first-order valence-corrected chi connectivity index (χ1v) is 13.6. The molecule has 6 heterocycles. The summed E-state index contributed by atoms with van der Waals surface area (Å²) in [6, 6.07) is -1.44. The number of Topliss-reactive ketones (excluding diaryl/α,β-unsaturated/α-hetero) is 1. The number of aliphatic hydroxyl groups excluding tert-OH is 3. The van der Waals surface area contributed by atoms with Crippen LogP contribution < -0.4 is 21.7 Å². The second-order valence-corrected chi connectivity index (χ2v) is 10.4. The van der Waals surface area contributed by atoms with Gasteiger partial charge in [-0.2, -0.15) is 0 Å². The van der Waals surface area contributed by atoms with E-state index in [9.17, 15) is 20.1 Å². The van der Waals surface area contributed by atoms with Crippen molar-refractivity contribution < 1.29 is 29.6 Å². The monoisotopic (exact) mass is 600 g/mol. The van der Waals surface area contributed by atoms with E-state index in [-0.39, 0.29) is 12.4 Å². The van der Waals surface area contributed by atoms with Gasteiger partial charge in [0, 0.05) is 27.6 Å². The Morgan fingerprint density at radius 1 is 0.930 bits per heavy atom. The highest BCUT2D eigenvalue weighted by Crippen LogP contribution is 2.33. The Hall–Kier alpha value is -3.91. The molecule has 0 saturated carbocycles. The van der Waals surface area contributed by atoms with Crippen molar-refractivity contribution in [3.8, 4) is 0 Å². The van der Waals surface area contributed by atoms with Crippen molar-refractivity contribution in [1.82, 2.24) is 39.0 Å². The van der Waals surface area contributed by atoms with Gasteiger partial charge in [-0.3, -0.25) is 13.9 Å². The average Bonchev–Trinajstić information content (AvgIpc) is 3.77. The van der Waals surface area contributed by atoms with E-state index in [4.69, 9.17) is 20.9 Å². The number of anilines is 2. The van der Waals surface area contributed by atoms with Crippen molar-refractivity contribution in [2.75, 3.05) is 38.0 Å². The molecule has 0 aliphatic carbocycles. The lowest BCUT2D eigenvalue weighted by atomic mass is 10.0. The van der Waals surface area contributed by atoms with Crippen molar-refractivity contribution in [2.24, 2.45) is 11.5 Å². The number of rotatable bonds is 7. The Balaban J connectivity index is 0.000000171. The van der Waals surface area contributed by atoms with Gasteiger partial charge in [0.05, 0.1) is 31.3 Å². The minimum atomic E-state index is -1.02. The van der Waals surface area contributed by atoms with Gasteiger partial charge >= 0.3 is 0 Å². The van der Waals surface area contributed by atoms with Gasteiger partial charge in [-0.25, -0.2) is 29.9 Å². The van der Waals surface area contributed by atoms with Crippen LogP contribution in [0.5, 0.6) is 0 Å². The number of nitrogens with one attached hydrogen (secondary N) is 1. The van der Waals surface area contributed by atoms with E-state index < -0.39 is 49.0 Å². The van der Waals surface area contributed by atoms with Gasteiger partial charge in [0.2, 0.25) is 0 Å². The summed E-state index contributed by atoms with van der Waals surface area (Å²) in [5, 5.41) is 32.7. The van der Waals surface area contributed by atoms with Gasteiger partial charge in [0.25, 0.3) is 0 Å². The first-order valence-electron chi connectivity index (χ1n) is 13.6. The fraction of sp³-hybridized carbons (Fsp3) is 0.560. The van der Waals surface area contributed by atoms with Gasteiger partial charge in [-0.15, -0.1) is 0 Å². The number of fused-ring (bicyclic) bond motifs is 2. The zero-order chi connectivity index (χ0) is 31.0. The summed E-state index contributed by atoms with van der Waals surface area (Å²) >= 11 is 0. The molecule has 232 valence electrons. The molecule has 0 radical (unpaired) electrons. The Bertz CT molecular complexity index is 1580. The number of aliphatic hydroxyl groups is 3. The van der Waals surface area contributed by atoms with Crippen LogP contribution in [-0.4, -0.2) is 124 Å². The fourth-order valence-electron chi connectivity index (χ4n) is 5.14. The quantitative estimate of drug-likeness (QED) is 0.133.